The van der Waals surface area contributed by atoms with Gasteiger partial charge in [0.15, 0.2) is 0 Å². The summed E-state index contributed by atoms with van der Waals surface area (Å²) >= 11 is 0. The van der Waals surface area contributed by atoms with E-state index in [2.05, 4.69) is 10.1 Å². The summed E-state index contributed by atoms with van der Waals surface area (Å²) in [5.74, 6) is -1.49. The highest BCUT2D eigenvalue weighted by molar-refractivity contribution is 5.92. The Kier molecular flexibility index (Phi) is 9.44. The number of nitrogens with zero attached hydrogens (tertiary/aromatic N) is 1. The van der Waals surface area contributed by atoms with E-state index in [1.807, 2.05) is 44.2 Å². The minimum absolute atomic E-state index is 0.0625. The Bertz CT molecular complexity index is 651. The Labute approximate surface area is 165 Å². The number of alkyl carbamates (subject to hydrolysis) is 1. The number of hydrogen-bond acceptors (Lipinski definition) is 6. The predicted octanol–water partition coefficient (Wildman–Crippen LogP) is 2.06. The van der Waals surface area contributed by atoms with Crippen LogP contribution < -0.4 is 5.32 Å². The van der Waals surface area contributed by atoms with Crippen molar-refractivity contribution < 1.29 is 29.0 Å². The fraction of sp³-hybridized carbons (Fsp3) is 0.550. The lowest BCUT2D eigenvalue weighted by atomic mass is 9.79. The van der Waals surface area contributed by atoms with Crippen molar-refractivity contribution in [3.63, 3.8) is 0 Å². The van der Waals surface area contributed by atoms with E-state index < -0.39 is 36.8 Å². The molecule has 0 saturated heterocycles. The van der Waals surface area contributed by atoms with Crippen LogP contribution in [-0.4, -0.2) is 53.9 Å². The van der Waals surface area contributed by atoms with Crippen molar-refractivity contribution >= 4 is 18.0 Å². The molecular weight excluding hydrogens is 364 g/mol. The van der Waals surface area contributed by atoms with Crippen molar-refractivity contribution in [2.75, 3.05) is 20.4 Å². The molecular formula is C20H30N2O6. The number of carbonyl (C=O) groups is 3. The second-order valence-electron chi connectivity index (χ2n) is 6.54. The molecule has 0 unspecified atom stereocenters. The number of aliphatic hydroxyl groups excluding tert-OH is 1. The molecule has 2 amide bonds. The standard InChI is InChI=1S/C20H30N2O6/c1-5-15(3)20(6-2,18(25)22(14-23)12-17(24)27-4)21-19(26)28-13-16-10-8-7-9-11-16/h7-11,15,23H,5-6,12-14H2,1-4H3,(H,21,26)/t15-,20-/m0/s1. The molecule has 28 heavy (non-hydrogen) atoms. The molecule has 0 aromatic heterocycles. The van der Waals surface area contributed by atoms with Crippen molar-refractivity contribution in [1.82, 2.24) is 10.2 Å². The number of carbonyl (C=O) groups excluding carboxylic acids is 3. The van der Waals surface area contributed by atoms with Gasteiger partial charge >= 0.3 is 12.1 Å². The molecule has 8 heteroatoms. The van der Waals surface area contributed by atoms with Gasteiger partial charge in [0.25, 0.3) is 5.91 Å². The number of nitrogens with one attached hydrogen (secondary N) is 1. The van der Waals surface area contributed by atoms with Crippen LogP contribution in [0.1, 0.15) is 39.2 Å². The normalized spacial score (nSPS) is 13.8. The van der Waals surface area contributed by atoms with Crippen LogP contribution in [0.25, 0.3) is 0 Å². The van der Waals surface area contributed by atoms with Gasteiger partial charge in [0.05, 0.1) is 7.11 Å². The lowest BCUT2D eigenvalue weighted by molar-refractivity contribution is -0.154. The van der Waals surface area contributed by atoms with E-state index in [-0.39, 0.29) is 18.9 Å². The van der Waals surface area contributed by atoms with Gasteiger partial charge in [-0.15, -0.1) is 0 Å². The second kappa shape index (κ2) is 11.3. The highest BCUT2D eigenvalue weighted by Gasteiger charge is 2.45. The molecule has 1 rings (SSSR count). The summed E-state index contributed by atoms with van der Waals surface area (Å²) in [6.45, 7) is 4.45. The van der Waals surface area contributed by atoms with Crippen LogP contribution in [0.4, 0.5) is 4.79 Å². The summed E-state index contributed by atoms with van der Waals surface area (Å²) in [5.41, 5.74) is -0.503. The summed E-state index contributed by atoms with van der Waals surface area (Å²) in [6.07, 6.45) is 0.116. The van der Waals surface area contributed by atoms with Crippen molar-refractivity contribution in [2.24, 2.45) is 5.92 Å². The molecule has 0 radical (unpaired) electrons. The predicted molar refractivity (Wildman–Crippen MR) is 103 cm³/mol. The first-order valence-electron chi connectivity index (χ1n) is 9.30. The molecule has 156 valence electrons. The molecule has 8 nitrogen and oxygen atoms in total. The number of amides is 2. The number of rotatable bonds is 10. The molecule has 0 aliphatic heterocycles. The molecule has 0 aliphatic carbocycles. The van der Waals surface area contributed by atoms with Crippen LogP contribution in [0.2, 0.25) is 0 Å². The Hall–Kier alpha value is -2.61. The van der Waals surface area contributed by atoms with Gasteiger partial charge in [-0.05, 0) is 17.9 Å². The highest BCUT2D eigenvalue weighted by atomic mass is 16.5. The van der Waals surface area contributed by atoms with Crippen molar-refractivity contribution in [2.45, 2.75) is 45.8 Å². The van der Waals surface area contributed by atoms with Gasteiger partial charge in [-0.3, -0.25) is 9.59 Å². The maximum absolute atomic E-state index is 13.2. The van der Waals surface area contributed by atoms with Gasteiger partial charge in [-0.2, -0.15) is 0 Å². The Balaban J connectivity index is 3.00. The molecule has 1 aromatic carbocycles. The number of esters is 1. The quantitative estimate of drug-likeness (QED) is 0.465. The van der Waals surface area contributed by atoms with Gasteiger partial charge < -0.3 is 24.8 Å². The summed E-state index contributed by atoms with van der Waals surface area (Å²) in [7, 11) is 1.20. The minimum Gasteiger partial charge on any atom is -0.468 e. The fourth-order valence-electron chi connectivity index (χ4n) is 2.95. The second-order valence-corrected chi connectivity index (χ2v) is 6.54. The first kappa shape index (κ1) is 23.4. The third-order valence-electron chi connectivity index (χ3n) is 4.94. The first-order valence-corrected chi connectivity index (χ1v) is 9.30. The van der Waals surface area contributed by atoms with E-state index in [0.717, 1.165) is 10.5 Å². The van der Waals surface area contributed by atoms with Gasteiger partial charge in [-0.1, -0.05) is 57.5 Å². The Morgan fingerprint density at radius 2 is 1.86 bits per heavy atom. The van der Waals surface area contributed by atoms with Crippen molar-refractivity contribution in [3.8, 4) is 0 Å². The minimum atomic E-state index is -1.32. The molecule has 0 bridgehead atoms. The molecule has 0 fully saturated rings. The SMILES string of the molecule is CC[C@H](C)[C@](CC)(NC(=O)OCc1ccccc1)C(=O)N(CO)CC(=O)OC. The van der Waals surface area contributed by atoms with Crippen LogP contribution in [0.15, 0.2) is 30.3 Å². The van der Waals surface area contributed by atoms with Gasteiger partial charge in [0, 0.05) is 0 Å². The van der Waals surface area contributed by atoms with Crippen molar-refractivity contribution in [3.05, 3.63) is 35.9 Å². The van der Waals surface area contributed by atoms with Gasteiger partial charge in [0.1, 0.15) is 25.4 Å². The molecule has 0 saturated carbocycles. The number of benzene rings is 1. The number of aliphatic hydroxyl groups is 1. The van der Waals surface area contributed by atoms with E-state index >= 15 is 0 Å². The zero-order valence-corrected chi connectivity index (χ0v) is 16.9. The van der Waals surface area contributed by atoms with E-state index in [9.17, 15) is 19.5 Å². The van der Waals surface area contributed by atoms with E-state index in [0.29, 0.717) is 6.42 Å². The Morgan fingerprint density at radius 3 is 2.36 bits per heavy atom. The number of hydrogen-bond donors (Lipinski definition) is 2. The van der Waals surface area contributed by atoms with Crippen LogP contribution >= 0.6 is 0 Å². The van der Waals surface area contributed by atoms with Gasteiger partial charge in [-0.25, -0.2) is 4.79 Å². The average Bonchev–Trinajstić information content (AvgIpc) is 2.73. The smallest absolute Gasteiger partial charge is 0.408 e. The Morgan fingerprint density at radius 1 is 1.21 bits per heavy atom. The third kappa shape index (κ3) is 5.95. The number of methoxy groups -OCH3 is 1. The monoisotopic (exact) mass is 394 g/mol. The lowest BCUT2D eigenvalue weighted by Gasteiger charge is -2.40. The zero-order chi connectivity index (χ0) is 21.2. The third-order valence-corrected chi connectivity index (χ3v) is 4.94. The van der Waals surface area contributed by atoms with E-state index in [1.54, 1.807) is 6.92 Å². The zero-order valence-electron chi connectivity index (χ0n) is 16.9. The maximum Gasteiger partial charge on any atom is 0.408 e. The van der Waals surface area contributed by atoms with Crippen LogP contribution in [0.3, 0.4) is 0 Å². The lowest BCUT2D eigenvalue weighted by Crippen LogP contribution is -2.63. The molecule has 0 aliphatic rings. The average molecular weight is 394 g/mol. The summed E-state index contributed by atoms with van der Waals surface area (Å²) in [5, 5.41) is 12.3. The topological polar surface area (TPSA) is 105 Å². The molecule has 0 spiro atoms. The summed E-state index contributed by atoms with van der Waals surface area (Å²) in [4.78, 5) is 38.2. The summed E-state index contributed by atoms with van der Waals surface area (Å²) < 4.78 is 9.85. The molecule has 1 aromatic rings. The number of ether oxygens (including phenoxy) is 2. The van der Waals surface area contributed by atoms with Crippen LogP contribution in [0.5, 0.6) is 0 Å². The first-order chi connectivity index (χ1) is 13.3. The molecule has 0 heterocycles. The van der Waals surface area contributed by atoms with Crippen molar-refractivity contribution in [1.29, 1.82) is 0 Å². The fourth-order valence-corrected chi connectivity index (χ4v) is 2.95. The van der Waals surface area contributed by atoms with Crippen LogP contribution in [0, 0.1) is 5.92 Å². The van der Waals surface area contributed by atoms with Gasteiger partial charge in [0.2, 0.25) is 0 Å². The van der Waals surface area contributed by atoms with E-state index in [4.69, 9.17) is 4.74 Å². The maximum atomic E-state index is 13.2. The largest absolute Gasteiger partial charge is 0.468 e. The summed E-state index contributed by atoms with van der Waals surface area (Å²) in [6, 6.07) is 9.18. The highest BCUT2D eigenvalue weighted by Crippen LogP contribution is 2.27. The van der Waals surface area contributed by atoms with Crippen LogP contribution in [-0.2, 0) is 25.7 Å². The molecule has 2 atom stereocenters. The molecule has 2 N–H and O–H groups in total. The van der Waals surface area contributed by atoms with E-state index in [1.165, 1.54) is 7.11 Å².